The standard InChI is InChI=1S/C9H10N6S/c1-6-3-11-9(12-4-6)16-8-2-7(15-10)13-5-14-8/h2-5H,10H2,1H3,(H,13,14,15). The first-order chi connectivity index (χ1) is 7.78. The fourth-order valence-corrected chi connectivity index (χ4v) is 1.67. The molecule has 2 aromatic rings. The molecule has 0 saturated carbocycles. The second-order valence-electron chi connectivity index (χ2n) is 3.03. The van der Waals surface area contributed by atoms with Crippen LogP contribution < -0.4 is 11.3 Å². The third kappa shape index (κ3) is 2.65. The minimum atomic E-state index is 0.560. The van der Waals surface area contributed by atoms with Crippen molar-refractivity contribution < 1.29 is 0 Å². The highest BCUT2D eigenvalue weighted by Crippen LogP contribution is 2.22. The molecule has 0 saturated heterocycles. The number of nitrogens with one attached hydrogen (secondary N) is 1. The second kappa shape index (κ2) is 4.86. The van der Waals surface area contributed by atoms with Gasteiger partial charge >= 0.3 is 0 Å². The summed E-state index contributed by atoms with van der Waals surface area (Å²) in [6.45, 7) is 1.94. The highest BCUT2D eigenvalue weighted by molar-refractivity contribution is 7.99. The van der Waals surface area contributed by atoms with Gasteiger partial charge in [-0.2, -0.15) is 0 Å². The van der Waals surface area contributed by atoms with Crippen molar-refractivity contribution >= 4 is 17.6 Å². The Morgan fingerprint density at radius 1 is 1.19 bits per heavy atom. The highest BCUT2D eigenvalue weighted by Gasteiger charge is 2.02. The molecule has 6 nitrogen and oxygen atoms in total. The Balaban J connectivity index is 2.16. The maximum atomic E-state index is 5.25. The van der Waals surface area contributed by atoms with E-state index in [2.05, 4.69) is 25.4 Å². The molecule has 0 atom stereocenters. The van der Waals surface area contributed by atoms with Crippen molar-refractivity contribution in [1.82, 2.24) is 19.9 Å². The molecule has 7 heteroatoms. The third-order valence-electron chi connectivity index (χ3n) is 1.74. The molecule has 3 N–H and O–H groups in total. The molecular formula is C9H10N6S. The van der Waals surface area contributed by atoms with E-state index in [1.807, 2.05) is 6.92 Å². The lowest BCUT2D eigenvalue weighted by atomic mass is 10.4. The van der Waals surface area contributed by atoms with Crippen molar-refractivity contribution in [2.24, 2.45) is 5.84 Å². The van der Waals surface area contributed by atoms with E-state index in [0.717, 1.165) is 10.6 Å². The fourth-order valence-electron chi connectivity index (χ4n) is 1.00. The molecule has 0 aromatic carbocycles. The third-order valence-corrected chi connectivity index (χ3v) is 2.57. The largest absolute Gasteiger partial charge is 0.308 e. The summed E-state index contributed by atoms with van der Waals surface area (Å²) in [7, 11) is 0. The van der Waals surface area contributed by atoms with Crippen molar-refractivity contribution in [3.8, 4) is 0 Å². The number of aromatic nitrogens is 4. The molecular weight excluding hydrogens is 224 g/mol. The van der Waals surface area contributed by atoms with Gasteiger partial charge in [0.1, 0.15) is 17.2 Å². The smallest absolute Gasteiger partial charge is 0.193 e. The van der Waals surface area contributed by atoms with Crippen LogP contribution >= 0.6 is 11.8 Å². The maximum Gasteiger partial charge on any atom is 0.193 e. The van der Waals surface area contributed by atoms with Crippen LogP contribution in [0.1, 0.15) is 5.56 Å². The summed E-state index contributed by atoms with van der Waals surface area (Å²) in [5.74, 6) is 5.81. The van der Waals surface area contributed by atoms with Crippen LogP contribution in [0, 0.1) is 6.92 Å². The Morgan fingerprint density at radius 3 is 2.62 bits per heavy atom. The van der Waals surface area contributed by atoms with Gasteiger partial charge in [-0.25, -0.2) is 25.8 Å². The second-order valence-corrected chi connectivity index (χ2v) is 4.02. The Hall–Kier alpha value is -1.73. The molecule has 0 aliphatic heterocycles. The van der Waals surface area contributed by atoms with Crippen molar-refractivity contribution in [2.45, 2.75) is 17.1 Å². The average Bonchev–Trinajstić information content (AvgIpc) is 2.32. The molecule has 0 amide bonds. The number of nitrogens with two attached hydrogens (primary N) is 1. The normalized spacial score (nSPS) is 10.1. The maximum absolute atomic E-state index is 5.25. The van der Waals surface area contributed by atoms with Crippen LogP contribution in [0.5, 0.6) is 0 Å². The van der Waals surface area contributed by atoms with Crippen LogP contribution in [0.15, 0.2) is 35.0 Å². The molecule has 2 rings (SSSR count). The van der Waals surface area contributed by atoms with Crippen LogP contribution in [-0.4, -0.2) is 19.9 Å². The van der Waals surface area contributed by atoms with Crippen molar-refractivity contribution in [3.05, 3.63) is 30.4 Å². The van der Waals surface area contributed by atoms with Gasteiger partial charge in [-0.1, -0.05) is 0 Å². The lowest BCUT2D eigenvalue weighted by molar-refractivity contribution is 0.941. The number of rotatable bonds is 3. The van der Waals surface area contributed by atoms with Crippen LogP contribution in [0.3, 0.4) is 0 Å². The van der Waals surface area contributed by atoms with Gasteiger partial charge in [0.05, 0.1) is 0 Å². The van der Waals surface area contributed by atoms with Gasteiger partial charge in [-0.3, -0.25) is 0 Å². The zero-order chi connectivity index (χ0) is 11.4. The molecule has 0 radical (unpaired) electrons. The SMILES string of the molecule is Cc1cnc(Sc2cc(NN)ncn2)nc1. The Kier molecular flexibility index (Phi) is 3.28. The van der Waals surface area contributed by atoms with Crippen molar-refractivity contribution in [1.29, 1.82) is 0 Å². The quantitative estimate of drug-likeness (QED) is 0.354. The predicted octanol–water partition coefficient (Wildman–Crippen LogP) is 1.01. The van der Waals surface area contributed by atoms with Crippen LogP contribution in [0.25, 0.3) is 0 Å². The molecule has 16 heavy (non-hydrogen) atoms. The summed E-state index contributed by atoms with van der Waals surface area (Å²) in [5, 5.41) is 1.39. The predicted molar refractivity (Wildman–Crippen MR) is 60.7 cm³/mol. The van der Waals surface area contributed by atoms with E-state index >= 15 is 0 Å². The first-order valence-electron chi connectivity index (χ1n) is 4.53. The van der Waals surface area contributed by atoms with E-state index in [0.29, 0.717) is 11.0 Å². The van der Waals surface area contributed by atoms with E-state index in [-0.39, 0.29) is 0 Å². The molecule has 0 bridgehead atoms. The number of nitrogen functional groups attached to an aromatic ring is 1. The average molecular weight is 234 g/mol. The van der Waals surface area contributed by atoms with Gasteiger partial charge in [-0.05, 0) is 24.2 Å². The Morgan fingerprint density at radius 2 is 1.94 bits per heavy atom. The number of hydrogen-bond donors (Lipinski definition) is 2. The Bertz CT molecular complexity index is 472. The van der Waals surface area contributed by atoms with Gasteiger partial charge < -0.3 is 5.43 Å². The lowest BCUT2D eigenvalue weighted by Gasteiger charge is -2.01. The molecule has 0 unspecified atom stereocenters. The van der Waals surface area contributed by atoms with Gasteiger partial charge in [0.2, 0.25) is 0 Å². The summed E-state index contributed by atoms with van der Waals surface area (Å²) in [6.07, 6.45) is 4.96. The van der Waals surface area contributed by atoms with Crippen molar-refractivity contribution in [3.63, 3.8) is 0 Å². The number of aryl methyl sites for hydroxylation is 1. The van der Waals surface area contributed by atoms with Gasteiger partial charge in [-0.15, -0.1) is 0 Å². The molecule has 2 heterocycles. The van der Waals surface area contributed by atoms with E-state index in [1.165, 1.54) is 18.1 Å². The summed E-state index contributed by atoms with van der Waals surface area (Å²) in [6, 6.07) is 1.73. The monoisotopic (exact) mass is 234 g/mol. The minimum absolute atomic E-state index is 0.560. The summed E-state index contributed by atoms with van der Waals surface area (Å²) in [5.41, 5.74) is 3.48. The van der Waals surface area contributed by atoms with Gasteiger partial charge in [0.25, 0.3) is 0 Å². The van der Waals surface area contributed by atoms with E-state index in [4.69, 9.17) is 5.84 Å². The summed E-state index contributed by atoms with van der Waals surface area (Å²) >= 11 is 1.36. The zero-order valence-electron chi connectivity index (χ0n) is 8.58. The van der Waals surface area contributed by atoms with Crippen LogP contribution in [0.2, 0.25) is 0 Å². The topological polar surface area (TPSA) is 89.6 Å². The molecule has 0 fully saturated rings. The summed E-state index contributed by atoms with van der Waals surface area (Å²) in [4.78, 5) is 16.3. The number of anilines is 1. The number of hydrogen-bond acceptors (Lipinski definition) is 7. The van der Waals surface area contributed by atoms with E-state index in [9.17, 15) is 0 Å². The molecule has 82 valence electrons. The first kappa shape index (κ1) is 10.8. The first-order valence-corrected chi connectivity index (χ1v) is 5.35. The van der Waals surface area contributed by atoms with Gasteiger partial charge in [0.15, 0.2) is 5.16 Å². The van der Waals surface area contributed by atoms with Crippen molar-refractivity contribution in [2.75, 3.05) is 5.43 Å². The fraction of sp³-hybridized carbons (Fsp3) is 0.111. The molecule has 0 aliphatic rings. The van der Waals surface area contributed by atoms with Crippen LogP contribution in [0.4, 0.5) is 5.82 Å². The number of nitrogens with zero attached hydrogens (tertiary/aromatic N) is 4. The zero-order valence-corrected chi connectivity index (χ0v) is 9.40. The lowest BCUT2D eigenvalue weighted by Crippen LogP contribution is -2.08. The van der Waals surface area contributed by atoms with Crippen LogP contribution in [-0.2, 0) is 0 Å². The molecule has 2 aromatic heterocycles. The summed E-state index contributed by atoms with van der Waals surface area (Å²) < 4.78 is 0. The molecule has 0 aliphatic carbocycles. The highest BCUT2D eigenvalue weighted by atomic mass is 32.2. The van der Waals surface area contributed by atoms with Gasteiger partial charge in [0, 0.05) is 18.5 Å². The number of hydrazine groups is 1. The Labute approximate surface area is 96.7 Å². The minimum Gasteiger partial charge on any atom is -0.308 e. The molecule has 0 spiro atoms. The van der Waals surface area contributed by atoms with E-state index < -0.39 is 0 Å². The van der Waals surface area contributed by atoms with E-state index in [1.54, 1.807) is 18.5 Å².